The summed E-state index contributed by atoms with van der Waals surface area (Å²) in [5, 5.41) is 11.1. The zero-order valence-corrected chi connectivity index (χ0v) is 9.71. The minimum absolute atomic E-state index is 0.464. The molecule has 1 amide bonds. The number of rotatable bonds is 5. The van der Waals surface area contributed by atoms with Crippen LogP contribution in [0.2, 0.25) is 0 Å². The minimum Gasteiger partial charge on any atom is -0.480 e. The van der Waals surface area contributed by atoms with Crippen molar-refractivity contribution in [1.29, 1.82) is 0 Å². The van der Waals surface area contributed by atoms with Gasteiger partial charge in [0.15, 0.2) is 6.10 Å². The maximum Gasteiger partial charge on any atom is 0.325 e. The van der Waals surface area contributed by atoms with Crippen LogP contribution in [0.25, 0.3) is 0 Å². The number of benzene rings is 1. The standard InChI is InChI=1S/C12H15NO4/c1-8(12(15)16)13-11(14)10(17-2)9-6-4-3-5-7-9/h3-8,10H,1-2H3,(H,13,14)(H,15,16)/t8-,10+/m1/s1. The first kappa shape index (κ1) is 13.2. The van der Waals surface area contributed by atoms with Gasteiger partial charge in [-0.05, 0) is 12.5 Å². The molecule has 0 unspecified atom stereocenters. The summed E-state index contributed by atoms with van der Waals surface area (Å²) in [6, 6.07) is 7.96. The molecule has 1 aromatic carbocycles. The van der Waals surface area contributed by atoms with E-state index in [2.05, 4.69) is 5.32 Å². The number of aliphatic carboxylic acids is 1. The van der Waals surface area contributed by atoms with Crippen molar-refractivity contribution in [2.75, 3.05) is 7.11 Å². The number of methoxy groups -OCH3 is 1. The van der Waals surface area contributed by atoms with Gasteiger partial charge in [0, 0.05) is 7.11 Å². The van der Waals surface area contributed by atoms with Crippen LogP contribution in [-0.4, -0.2) is 30.1 Å². The lowest BCUT2D eigenvalue weighted by Gasteiger charge is -2.17. The average molecular weight is 237 g/mol. The SMILES string of the molecule is CO[C@H](C(=O)N[C@H](C)C(=O)O)c1ccccc1. The van der Waals surface area contributed by atoms with Crippen LogP contribution in [0, 0.1) is 0 Å². The third-order valence-corrected chi connectivity index (χ3v) is 2.31. The zero-order chi connectivity index (χ0) is 12.8. The molecule has 0 aromatic heterocycles. The summed E-state index contributed by atoms with van der Waals surface area (Å²) in [7, 11) is 1.41. The van der Waals surface area contributed by atoms with Gasteiger partial charge in [-0.1, -0.05) is 30.3 Å². The van der Waals surface area contributed by atoms with Crippen LogP contribution in [0.4, 0.5) is 0 Å². The van der Waals surface area contributed by atoms with Crippen LogP contribution in [0.1, 0.15) is 18.6 Å². The molecular weight excluding hydrogens is 222 g/mol. The largest absolute Gasteiger partial charge is 0.480 e. The Morgan fingerprint density at radius 2 is 1.88 bits per heavy atom. The lowest BCUT2D eigenvalue weighted by Crippen LogP contribution is -2.41. The number of carbonyl (C=O) groups is 2. The van der Waals surface area contributed by atoms with Crippen LogP contribution in [0.3, 0.4) is 0 Å². The number of hydrogen-bond donors (Lipinski definition) is 2. The smallest absolute Gasteiger partial charge is 0.325 e. The molecule has 1 aromatic rings. The molecule has 0 bridgehead atoms. The molecule has 0 aliphatic heterocycles. The van der Waals surface area contributed by atoms with E-state index in [4.69, 9.17) is 9.84 Å². The lowest BCUT2D eigenvalue weighted by atomic mass is 10.1. The molecule has 2 N–H and O–H groups in total. The van der Waals surface area contributed by atoms with Crippen molar-refractivity contribution in [3.8, 4) is 0 Å². The first-order chi connectivity index (χ1) is 8.06. The van der Waals surface area contributed by atoms with E-state index >= 15 is 0 Å². The average Bonchev–Trinajstić information content (AvgIpc) is 2.31. The van der Waals surface area contributed by atoms with E-state index < -0.39 is 24.0 Å². The first-order valence-electron chi connectivity index (χ1n) is 5.17. The number of carbonyl (C=O) groups excluding carboxylic acids is 1. The van der Waals surface area contributed by atoms with E-state index in [1.807, 2.05) is 6.07 Å². The highest BCUT2D eigenvalue weighted by molar-refractivity contribution is 5.86. The summed E-state index contributed by atoms with van der Waals surface area (Å²) >= 11 is 0. The Kier molecular flexibility index (Phi) is 4.66. The number of nitrogens with one attached hydrogen (secondary N) is 1. The van der Waals surface area contributed by atoms with Crippen molar-refractivity contribution < 1.29 is 19.4 Å². The van der Waals surface area contributed by atoms with E-state index in [1.165, 1.54) is 14.0 Å². The lowest BCUT2D eigenvalue weighted by molar-refractivity contribution is -0.143. The number of hydrogen-bond acceptors (Lipinski definition) is 3. The van der Waals surface area contributed by atoms with Gasteiger partial charge in [-0.2, -0.15) is 0 Å². The minimum atomic E-state index is -1.08. The van der Waals surface area contributed by atoms with E-state index in [1.54, 1.807) is 24.3 Å². The van der Waals surface area contributed by atoms with Crippen molar-refractivity contribution in [2.24, 2.45) is 0 Å². The van der Waals surface area contributed by atoms with Crippen LogP contribution >= 0.6 is 0 Å². The van der Waals surface area contributed by atoms with Gasteiger partial charge in [0.05, 0.1) is 0 Å². The van der Waals surface area contributed by atoms with Gasteiger partial charge < -0.3 is 15.2 Å². The van der Waals surface area contributed by atoms with Crippen LogP contribution in [0.15, 0.2) is 30.3 Å². The van der Waals surface area contributed by atoms with Gasteiger partial charge in [0.25, 0.3) is 5.91 Å². The highest BCUT2D eigenvalue weighted by Gasteiger charge is 2.23. The highest BCUT2D eigenvalue weighted by atomic mass is 16.5. The summed E-state index contributed by atoms with van der Waals surface area (Å²) in [4.78, 5) is 22.4. The molecule has 0 saturated carbocycles. The normalized spacial score (nSPS) is 13.8. The molecule has 0 aliphatic rings. The Labute approximate surface area is 99.4 Å². The molecular formula is C12H15NO4. The maximum absolute atomic E-state index is 11.8. The van der Waals surface area contributed by atoms with Gasteiger partial charge in [-0.3, -0.25) is 9.59 Å². The van der Waals surface area contributed by atoms with Crippen molar-refractivity contribution in [1.82, 2.24) is 5.32 Å². The molecule has 5 heteroatoms. The molecule has 0 spiro atoms. The molecule has 2 atom stereocenters. The number of carboxylic acids is 1. The van der Waals surface area contributed by atoms with Crippen LogP contribution < -0.4 is 5.32 Å². The predicted octanol–water partition coefficient (Wildman–Crippen LogP) is 0.963. The monoisotopic (exact) mass is 237 g/mol. The van der Waals surface area contributed by atoms with Gasteiger partial charge in [0.1, 0.15) is 6.04 Å². The molecule has 0 fully saturated rings. The summed E-state index contributed by atoms with van der Waals surface area (Å²) in [5.41, 5.74) is 0.685. The predicted molar refractivity (Wildman–Crippen MR) is 61.4 cm³/mol. The highest BCUT2D eigenvalue weighted by Crippen LogP contribution is 2.16. The van der Waals surface area contributed by atoms with Gasteiger partial charge in [0.2, 0.25) is 0 Å². The first-order valence-corrected chi connectivity index (χ1v) is 5.17. The van der Waals surface area contributed by atoms with Gasteiger partial charge in [-0.25, -0.2) is 0 Å². The van der Waals surface area contributed by atoms with Crippen LogP contribution in [0.5, 0.6) is 0 Å². The fourth-order valence-corrected chi connectivity index (χ4v) is 1.37. The molecule has 0 radical (unpaired) electrons. The Bertz CT molecular complexity index is 391. The van der Waals surface area contributed by atoms with Crippen LogP contribution in [-0.2, 0) is 14.3 Å². The summed E-state index contributed by atoms with van der Waals surface area (Å²) in [6.45, 7) is 1.40. The molecule has 0 aliphatic carbocycles. The Balaban J connectivity index is 2.75. The van der Waals surface area contributed by atoms with Crippen molar-refractivity contribution in [3.05, 3.63) is 35.9 Å². The summed E-state index contributed by atoms with van der Waals surface area (Å²) < 4.78 is 5.07. The molecule has 1 rings (SSSR count). The summed E-state index contributed by atoms with van der Waals surface area (Å²) in [5.74, 6) is -1.55. The van der Waals surface area contributed by atoms with Crippen molar-refractivity contribution >= 4 is 11.9 Å². The second-order valence-electron chi connectivity index (χ2n) is 3.59. The third-order valence-electron chi connectivity index (χ3n) is 2.31. The third kappa shape index (κ3) is 3.57. The van der Waals surface area contributed by atoms with Crippen molar-refractivity contribution in [2.45, 2.75) is 19.1 Å². The Morgan fingerprint density at radius 1 is 1.29 bits per heavy atom. The number of ether oxygens (including phenoxy) is 1. The van der Waals surface area contributed by atoms with E-state index in [9.17, 15) is 9.59 Å². The van der Waals surface area contributed by atoms with Gasteiger partial charge in [-0.15, -0.1) is 0 Å². The molecule has 0 saturated heterocycles. The molecule has 5 nitrogen and oxygen atoms in total. The fourth-order valence-electron chi connectivity index (χ4n) is 1.37. The van der Waals surface area contributed by atoms with Crippen molar-refractivity contribution in [3.63, 3.8) is 0 Å². The van der Waals surface area contributed by atoms with E-state index in [0.29, 0.717) is 5.56 Å². The van der Waals surface area contributed by atoms with Gasteiger partial charge >= 0.3 is 5.97 Å². The molecule has 0 heterocycles. The zero-order valence-electron chi connectivity index (χ0n) is 9.71. The second-order valence-corrected chi connectivity index (χ2v) is 3.59. The Morgan fingerprint density at radius 3 is 2.35 bits per heavy atom. The number of carboxylic acid groups (broad SMARTS) is 1. The fraction of sp³-hybridized carbons (Fsp3) is 0.333. The summed E-state index contributed by atoms with van der Waals surface area (Å²) in [6.07, 6.45) is -0.794. The van der Waals surface area contributed by atoms with E-state index in [-0.39, 0.29) is 0 Å². The topological polar surface area (TPSA) is 75.6 Å². The second kappa shape index (κ2) is 6.00. The quantitative estimate of drug-likeness (QED) is 0.800. The Hall–Kier alpha value is -1.88. The maximum atomic E-state index is 11.8. The molecule has 17 heavy (non-hydrogen) atoms. The number of amides is 1. The van der Waals surface area contributed by atoms with E-state index in [0.717, 1.165) is 0 Å². The molecule has 92 valence electrons.